The molecule has 1 aromatic heterocycles. The number of nitrogens with zero attached hydrogens (tertiary/aromatic N) is 3. The van der Waals surface area contributed by atoms with Gasteiger partial charge in [-0.15, -0.1) is 6.42 Å². The number of guanidine groups is 1. The molecule has 0 aliphatic carbocycles. The summed E-state index contributed by atoms with van der Waals surface area (Å²) in [5.41, 5.74) is 4.80. The predicted molar refractivity (Wildman–Crippen MR) is 113 cm³/mol. The van der Waals surface area contributed by atoms with Gasteiger partial charge in [0, 0.05) is 37.1 Å². The summed E-state index contributed by atoms with van der Waals surface area (Å²) >= 11 is 0. The summed E-state index contributed by atoms with van der Waals surface area (Å²) in [6.07, 6.45) is 6.20. The van der Waals surface area contributed by atoms with Crippen LogP contribution in [-0.2, 0) is 18.3 Å². The second-order valence-corrected chi connectivity index (χ2v) is 6.72. The Morgan fingerprint density at radius 2 is 2.14 bits per heavy atom. The second kappa shape index (κ2) is 9.60. The molecule has 3 N–H and O–H groups in total. The topological polar surface area (TPSA) is 83.3 Å². The maximum Gasteiger partial charge on any atom is 0.243 e. The van der Waals surface area contributed by atoms with Gasteiger partial charge in [0.25, 0.3) is 0 Å². The average Bonchev–Trinajstić information content (AvgIpc) is 2.91. The lowest BCUT2D eigenvalue weighted by Crippen LogP contribution is -2.45. The standard InChI is InChI=1S/C21H28N6O/c1-7-17-9-8-10-18(12-17)25-20(28)13-23-21(22-5)24-14(2)11-19-15(3)26-27(6)16(19)4/h1,8-10,12,14H,11,13H2,2-6H3,(H,25,28)(H2,22,23,24). The van der Waals surface area contributed by atoms with Crippen molar-refractivity contribution < 1.29 is 4.79 Å². The lowest BCUT2D eigenvalue weighted by Gasteiger charge is -2.18. The van der Waals surface area contributed by atoms with E-state index in [2.05, 4.69) is 45.8 Å². The van der Waals surface area contributed by atoms with E-state index in [1.54, 1.807) is 19.2 Å². The van der Waals surface area contributed by atoms with E-state index in [9.17, 15) is 4.79 Å². The van der Waals surface area contributed by atoms with Crippen LogP contribution in [0.25, 0.3) is 0 Å². The molecule has 0 aliphatic rings. The number of nitrogens with one attached hydrogen (secondary N) is 3. The van der Waals surface area contributed by atoms with Crippen molar-refractivity contribution in [3.63, 3.8) is 0 Å². The zero-order chi connectivity index (χ0) is 20.7. The minimum Gasteiger partial charge on any atom is -0.354 e. The Labute approximate surface area is 166 Å². The van der Waals surface area contributed by atoms with Gasteiger partial charge in [0.05, 0.1) is 12.2 Å². The number of aryl methyl sites for hydroxylation is 2. The van der Waals surface area contributed by atoms with Gasteiger partial charge in [-0.25, -0.2) is 0 Å². The van der Waals surface area contributed by atoms with Gasteiger partial charge in [-0.05, 0) is 51.0 Å². The molecule has 0 saturated carbocycles. The fraction of sp³-hybridized carbons (Fsp3) is 0.381. The number of carbonyl (C=O) groups excluding carboxylic acids is 1. The third-order valence-electron chi connectivity index (χ3n) is 4.51. The quantitative estimate of drug-likeness (QED) is 0.405. The number of anilines is 1. The average molecular weight is 380 g/mol. The van der Waals surface area contributed by atoms with Crippen LogP contribution < -0.4 is 16.0 Å². The highest BCUT2D eigenvalue weighted by atomic mass is 16.1. The molecule has 7 nitrogen and oxygen atoms in total. The Bertz CT molecular complexity index is 906. The van der Waals surface area contributed by atoms with E-state index in [0.717, 1.165) is 23.4 Å². The minimum atomic E-state index is -0.177. The molecule has 0 radical (unpaired) electrons. The summed E-state index contributed by atoms with van der Waals surface area (Å²) in [4.78, 5) is 16.4. The van der Waals surface area contributed by atoms with E-state index in [-0.39, 0.29) is 18.5 Å². The van der Waals surface area contributed by atoms with Crippen molar-refractivity contribution in [3.05, 3.63) is 46.8 Å². The summed E-state index contributed by atoms with van der Waals surface area (Å²) in [7, 11) is 3.62. The summed E-state index contributed by atoms with van der Waals surface area (Å²) < 4.78 is 1.89. The van der Waals surface area contributed by atoms with Gasteiger partial charge in [-0.2, -0.15) is 5.10 Å². The van der Waals surface area contributed by atoms with Gasteiger partial charge in [0.2, 0.25) is 5.91 Å². The third kappa shape index (κ3) is 5.61. The van der Waals surface area contributed by atoms with Crippen LogP contribution in [0.4, 0.5) is 5.69 Å². The summed E-state index contributed by atoms with van der Waals surface area (Å²) in [5, 5.41) is 13.6. The zero-order valence-electron chi connectivity index (χ0n) is 17.1. The van der Waals surface area contributed by atoms with Crippen LogP contribution in [0.2, 0.25) is 0 Å². The van der Waals surface area contributed by atoms with Gasteiger partial charge < -0.3 is 16.0 Å². The molecule has 0 saturated heterocycles. The maximum atomic E-state index is 12.2. The number of aliphatic imine (C=N–C) groups is 1. The first kappa shape index (κ1) is 21.0. The first-order valence-corrected chi connectivity index (χ1v) is 9.16. The van der Waals surface area contributed by atoms with Crippen molar-refractivity contribution in [2.24, 2.45) is 12.0 Å². The smallest absolute Gasteiger partial charge is 0.243 e. The largest absolute Gasteiger partial charge is 0.354 e. The number of benzene rings is 1. The van der Waals surface area contributed by atoms with Gasteiger partial charge in [-0.1, -0.05) is 12.0 Å². The number of carbonyl (C=O) groups is 1. The SMILES string of the molecule is C#Cc1cccc(NC(=O)CNC(=NC)NC(C)Cc2c(C)nn(C)c2C)c1. The molecule has 1 unspecified atom stereocenters. The van der Waals surface area contributed by atoms with Crippen molar-refractivity contribution in [1.29, 1.82) is 0 Å². The molecule has 1 heterocycles. The first-order valence-electron chi connectivity index (χ1n) is 9.16. The molecule has 0 spiro atoms. The molecule has 28 heavy (non-hydrogen) atoms. The van der Waals surface area contributed by atoms with E-state index in [4.69, 9.17) is 6.42 Å². The molecular formula is C21H28N6O. The molecule has 148 valence electrons. The molecule has 1 amide bonds. The van der Waals surface area contributed by atoms with Crippen LogP contribution in [0, 0.1) is 26.2 Å². The van der Waals surface area contributed by atoms with Crippen molar-refractivity contribution >= 4 is 17.6 Å². The van der Waals surface area contributed by atoms with Crippen LogP contribution in [0.5, 0.6) is 0 Å². The molecule has 0 bridgehead atoms. The molecular weight excluding hydrogens is 352 g/mol. The summed E-state index contributed by atoms with van der Waals surface area (Å²) in [6.45, 7) is 6.25. The van der Waals surface area contributed by atoms with Crippen LogP contribution >= 0.6 is 0 Å². The predicted octanol–water partition coefficient (Wildman–Crippen LogP) is 1.75. The lowest BCUT2D eigenvalue weighted by molar-refractivity contribution is -0.115. The second-order valence-electron chi connectivity index (χ2n) is 6.72. The van der Waals surface area contributed by atoms with Crippen molar-refractivity contribution in [2.45, 2.75) is 33.2 Å². The van der Waals surface area contributed by atoms with E-state index in [0.29, 0.717) is 11.6 Å². The molecule has 2 rings (SSSR count). The Balaban J connectivity index is 1.86. The fourth-order valence-corrected chi connectivity index (χ4v) is 2.95. The monoisotopic (exact) mass is 380 g/mol. The van der Waals surface area contributed by atoms with Gasteiger partial charge in [-0.3, -0.25) is 14.5 Å². The first-order chi connectivity index (χ1) is 13.3. The normalized spacial score (nSPS) is 12.2. The molecule has 2 aromatic rings. The van der Waals surface area contributed by atoms with Gasteiger partial charge in [0.1, 0.15) is 0 Å². The van der Waals surface area contributed by atoms with E-state index in [1.807, 2.05) is 30.8 Å². The highest BCUT2D eigenvalue weighted by Gasteiger charge is 2.14. The van der Waals surface area contributed by atoms with E-state index in [1.165, 1.54) is 5.56 Å². The van der Waals surface area contributed by atoms with Crippen LogP contribution in [0.1, 0.15) is 29.4 Å². The minimum absolute atomic E-state index is 0.0949. The van der Waals surface area contributed by atoms with Gasteiger partial charge >= 0.3 is 0 Å². The molecule has 0 aliphatic heterocycles. The number of hydrogen-bond acceptors (Lipinski definition) is 3. The molecule has 0 fully saturated rings. The van der Waals surface area contributed by atoms with Crippen molar-refractivity contribution in [3.8, 4) is 12.3 Å². The van der Waals surface area contributed by atoms with Crippen molar-refractivity contribution in [2.75, 3.05) is 18.9 Å². The Kier molecular flexibility index (Phi) is 7.21. The van der Waals surface area contributed by atoms with E-state index >= 15 is 0 Å². The zero-order valence-corrected chi connectivity index (χ0v) is 17.1. The van der Waals surface area contributed by atoms with Crippen LogP contribution in [0.15, 0.2) is 29.3 Å². The van der Waals surface area contributed by atoms with E-state index < -0.39 is 0 Å². The number of aromatic nitrogens is 2. The molecule has 1 atom stereocenters. The highest BCUT2D eigenvalue weighted by Crippen LogP contribution is 2.14. The number of terminal acetylenes is 1. The van der Waals surface area contributed by atoms with Gasteiger partial charge in [0.15, 0.2) is 5.96 Å². The molecule has 7 heteroatoms. The van der Waals surface area contributed by atoms with Crippen molar-refractivity contribution in [1.82, 2.24) is 20.4 Å². The molecule has 1 aromatic carbocycles. The van der Waals surface area contributed by atoms with Crippen LogP contribution in [0.3, 0.4) is 0 Å². The number of rotatable bonds is 6. The summed E-state index contributed by atoms with van der Waals surface area (Å²) in [5.74, 6) is 2.94. The Morgan fingerprint density at radius 3 is 2.75 bits per heavy atom. The number of hydrogen-bond donors (Lipinski definition) is 3. The Morgan fingerprint density at radius 1 is 1.39 bits per heavy atom. The Hall–Kier alpha value is -3.27. The fourth-order valence-electron chi connectivity index (χ4n) is 2.95. The highest BCUT2D eigenvalue weighted by molar-refractivity contribution is 5.95. The van der Waals surface area contributed by atoms with Crippen LogP contribution in [-0.4, -0.2) is 41.3 Å². The maximum absolute atomic E-state index is 12.2. The lowest BCUT2D eigenvalue weighted by atomic mass is 10.1. The number of amides is 1. The summed E-state index contributed by atoms with van der Waals surface area (Å²) in [6, 6.07) is 7.30. The third-order valence-corrected chi connectivity index (χ3v) is 4.51.